The number of hydrogen-bond donors (Lipinski definition) is 2. The lowest BCUT2D eigenvalue weighted by Crippen LogP contribution is -2.34. The highest BCUT2D eigenvalue weighted by Gasteiger charge is 2.27. The van der Waals surface area contributed by atoms with Crippen molar-refractivity contribution < 1.29 is 19.4 Å². The van der Waals surface area contributed by atoms with E-state index in [1.165, 1.54) is 18.3 Å². The van der Waals surface area contributed by atoms with Crippen molar-refractivity contribution in [2.24, 2.45) is 5.92 Å². The number of ether oxygens (including phenoxy) is 1. The first kappa shape index (κ1) is 14.5. The fraction of sp³-hybridized carbons (Fsp3) is 0.500. The number of nitrogens with zero attached hydrogens (tertiary/aromatic N) is 1. The Hall–Kier alpha value is -1.95. The smallest absolute Gasteiger partial charge is 0.338 e. The molecule has 1 aromatic rings. The zero-order valence-electron chi connectivity index (χ0n) is 11.3. The van der Waals surface area contributed by atoms with Crippen molar-refractivity contribution in [3.05, 3.63) is 29.6 Å². The van der Waals surface area contributed by atoms with E-state index in [9.17, 15) is 9.59 Å². The highest BCUT2D eigenvalue weighted by Crippen LogP contribution is 2.22. The van der Waals surface area contributed by atoms with Crippen LogP contribution >= 0.6 is 0 Å². The zero-order chi connectivity index (χ0) is 14.5. The monoisotopic (exact) mass is 278 g/mol. The third kappa shape index (κ3) is 3.14. The summed E-state index contributed by atoms with van der Waals surface area (Å²) >= 11 is 0. The molecule has 1 aliphatic heterocycles. The molecule has 6 heteroatoms. The Morgan fingerprint density at radius 3 is 3.05 bits per heavy atom. The Labute approximate surface area is 117 Å². The number of amides is 1. The number of carboxylic acids is 1. The summed E-state index contributed by atoms with van der Waals surface area (Å²) in [7, 11) is 0. The molecule has 1 fully saturated rings. The van der Waals surface area contributed by atoms with Crippen molar-refractivity contribution in [2.75, 3.05) is 13.2 Å². The van der Waals surface area contributed by atoms with Crippen LogP contribution in [0.5, 0.6) is 0 Å². The maximum atomic E-state index is 12.0. The van der Waals surface area contributed by atoms with E-state index in [0.717, 1.165) is 12.8 Å². The molecule has 1 aromatic heterocycles. The van der Waals surface area contributed by atoms with Crippen LogP contribution < -0.4 is 5.32 Å². The van der Waals surface area contributed by atoms with E-state index < -0.39 is 11.9 Å². The van der Waals surface area contributed by atoms with Crippen molar-refractivity contribution in [2.45, 2.75) is 25.9 Å². The summed E-state index contributed by atoms with van der Waals surface area (Å²) < 4.78 is 5.55. The third-order valence-corrected chi connectivity index (χ3v) is 3.53. The minimum Gasteiger partial charge on any atom is -0.478 e. The van der Waals surface area contributed by atoms with E-state index in [1.807, 2.05) is 6.92 Å². The minimum absolute atomic E-state index is 0.0491. The number of hydrogen-bond acceptors (Lipinski definition) is 4. The molecule has 108 valence electrons. The Morgan fingerprint density at radius 2 is 2.35 bits per heavy atom. The molecule has 0 spiro atoms. The van der Waals surface area contributed by atoms with E-state index in [4.69, 9.17) is 9.84 Å². The molecular formula is C14H18N2O4. The Morgan fingerprint density at radius 1 is 1.55 bits per heavy atom. The van der Waals surface area contributed by atoms with Gasteiger partial charge in [-0.25, -0.2) is 4.79 Å². The van der Waals surface area contributed by atoms with Crippen LogP contribution in [-0.2, 0) is 4.74 Å². The Balaban J connectivity index is 2.00. The Bertz CT molecular complexity index is 504. The van der Waals surface area contributed by atoms with E-state index in [1.54, 1.807) is 0 Å². The topological polar surface area (TPSA) is 88.5 Å². The third-order valence-electron chi connectivity index (χ3n) is 3.53. The summed E-state index contributed by atoms with van der Waals surface area (Å²) in [5.41, 5.74) is -0.133. The molecule has 1 saturated heterocycles. The summed E-state index contributed by atoms with van der Waals surface area (Å²) in [6.07, 6.45) is 3.39. The second-order valence-corrected chi connectivity index (χ2v) is 4.78. The number of nitrogens with one attached hydrogen (secondary N) is 1. The standard InChI is InChI=1S/C14H18N2O4/c1-2-11-9(5-7-20-11)8-16-13(17)12-10(14(18)19)4-3-6-15-12/h3-4,6,9,11H,2,5,7-8H2,1H3,(H,16,17)(H,18,19). The first-order chi connectivity index (χ1) is 9.63. The summed E-state index contributed by atoms with van der Waals surface area (Å²) in [5.74, 6) is -1.33. The van der Waals surface area contributed by atoms with E-state index in [0.29, 0.717) is 13.2 Å². The zero-order valence-corrected chi connectivity index (χ0v) is 11.3. The van der Waals surface area contributed by atoms with Gasteiger partial charge in [0.2, 0.25) is 0 Å². The second-order valence-electron chi connectivity index (χ2n) is 4.78. The van der Waals surface area contributed by atoms with Crippen molar-refractivity contribution in [3.8, 4) is 0 Å². The van der Waals surface area contributed by atoms with E-state index in [2.05, 4.69) is 10.3 Å². The number of pyridine rings is 1. The van der Waals surface area contributed by atoms with Gasteiger partial charge < -0.3 is 15.2 Å². The lowest BCUT2D eigenvalue weighted by Gasteiger charge is -2.17. The molecule has 20 heavy (non-hydrogen) atoms. The van der Waals surface area contributed by atoms with Gasteiger partial charge in [0.25, 0.3) is 5.91 Å². The van der Waals surface area contributed by atoms with Crippen molar-refractivity contribution >= 4 is 11.9 Å². The van der Waals surface area contributed by atoms with Gasteiger partial charge >= 0.3 is 5.97 Å². The van der Waals surface area contributed by atoms with Gasteiger partial charge in [-0.05, 0) is 25.0 Å². The lowest BCUT2D eigenvalue weighted by molar-refractivity contribution is 0.0688. The lowest BCUT2D eigenvalue weighted by atomic mass is 9.99. The molecule has 1 aliphatic rings. The number of aromatic carboxylic acids is 1. The van der Waals surface area contributed by atoms with Gasteiger partial charge in [0, 0.05) is 25.3 Å². The SMILES string of the molecule is CCC1OCCC1CNC(=O)c1ncccc1C(=O)O. The van der Waals surface area contributed by atoms with Crippen molar-refractivity contribution in [1.29, 1.82) is 0 Å². The minimum atomic E-state index is -1.15. The molecule has 0 bridgehead atoms. The number of rotatable bonds is 5. The average molecular weight is 278 g/mol. The van der Waals surface area contributed by atoms with Crippen LogP contribution in [0, 0.1) is 5.92 Å². The maximum Gasteiger partial charge on any atom is 0.338 e. The Kier molecular flexibility index (Phi) is 4.68. The van der Waals surface area contributed by atoms with Gasteiger partial charge in [-0.15, -0.1) is 0 Å². The predicted molar refractivity (Wildman–Crippen MR) is 71.7 cm³/mol. The quantitative estimate of drug-likeness (QED) is 0.848. The molecule has 0 saturated carbocycles. The molecular weight excluding hydrogens is 260 g/mol. The fourth-order valence-corrected chi connectivity index (χ4v) is 2.44. The maximum absolute atomic E-state index is 12.0. The van der Waals surface area contributed by atoms with Gasteiger partial charge in [-0.2, -0.15) is 0 Å². The van der Waals surface area contributed by atoms with Gasteiger partial charge in [-0.1, -0.05) is 6.92 Å². The molecule has 2 heterocycles. The van der Waals surface area contributed by atoms with E-state index >= 15 is 0 Å². The molecule has 1 amide bonds. The molecule has 2 rings (SSSR count). The summed E-state index contributed by atoms with van der Waals surface area (Å²) in [6.45, 7) is 3.24. The van der Waals surface area contributed by atoms with Crippen LogP contribution in [0.15, 0.2) is 18.3 Å². The first-order valence-electron chi connectivity index (χ1n) is 6.71. The number of carbonyl (C=O) groups is 2. The van der Waals surface area contributed by atoms with Crippen LogP contribution in [0.25, 0.3) is 0 Å². The summed E-state index contributed by atoms with van der Waals surface area (Å²) in [5, 5.41) is 11.8. The fourth-order valence-electron chi connectivity index (χ4n) is 2.44. The molecule has 2 unspecified atom stereocenters. The van der Waals surface area contributed by atoms with Crippen LogP contribution in [0.4, 0.5) is 0 Å². The van der Waals surface area contributed by atoms with Crippen molar-refractivity contribution in [1.82, 2.24) is 10.3 Å². The highest BCUT2D eigenvalue weighted by atomic mass is 16.5. The predicted octanol–water partition coefficient (Wildman–Crippen LogP) is 1.32. The number of carboxylic acid groups (broad SMARTS) is 1. The molecule has 0 radical (unpaired) electrons. The first-order valence-corrected chi connectivity index (χ1v) is 6.71. The van der Waals surface area contributed by atoms with Gasteiger partial charge in [0.1, 0.15) is 5.69 Å². The van der Waals surface area contributed by atoms with Crippen LogP contribution in [-0.4, -0.2) is 41.2 Å². The average Bonchev–Trinajstić information content (AvgIpc) is 2.92. The van der Waals surface area contributed by atoms with Crippen LogP contribution in [0.1, 0.15) is 40.6 Å². The summed E-state index contributed by atoms with van der Waals surface area (Å²) in [6, 6.07) is 2.87. The molecule has 0 aliphatic carbocycles. The summed E-state index contributed by atoms with van der Waals surface area (Å²) in [4.78, 5) is 26.9. The van der Waals surface area contributed by atoms with Crippen LogP contribution in [0.3, 0.4) is 0 Å². The highest BCUT2D eigenvalue weighted by molar-refractivity contribution is 6.03. The number of carbonyl (C=O) groups excluding carboxylic acids is 1. The molecule has 0 aromatic carbocycles. The van der Waals surface area contributed by atoms with Gasteiger partial charge in [0.05, 0.1) is 11.7 Å². The van der Waals surface area contributed by atoms with E-state index in [-0.39, 0.29) is 23.3 Å². The molecule has 2 atom stereocenters. The number of aromatic nitrogens is 1. The van der Waals surface area contributed by atoms with Crippen molar-refractivity contribution in [3.63, 3.8) is 0 Å². The largest absolute Gasteiger partial charge is 0.478 e. The van der Waals surface area contributed by atoms with Gasteiger partial charge in [-0.3, -0.25) is 9.78 Å². The second kappa shape index (κ2) is 6.47. The normalized spacial score (nSPS) is 21.6. The molecule has 6 nitrogen and oxygen atoms in total. The van der Waals surface area contributed by atoms with Gasteiger partial charge in [0.15, 0.2) is 0 Å². The van der Waals surface area contributed by atoms with Crippen LogP contribution in [0.2, 0.25) is 0 Å². The molecule has 2 N–H and O–H groups in total.